The topological polar surface area (TPSA) is 64.7 Å². The second-order valence-electron chi connectivity index (χ2n) is 8.21. The quantitative estimate of drug-likeness (QED) is 0.787. The average Bonchev–Trinajstić information content (AvgIpc) is 3.18. The van der Waals surface area contributed by atoms with Gasteiger partial charge in [-0.1, -0.05) is 0 Å². The fourth-order valence-corrected chi connectivity index (χ4v) is 4.29. The summed E-state index contributed by atoms with van der Waals surface area (Å²) in [6, 6.07) is 13.7. The Morgan fingerprint density at radius 1 is 0.933 bits per heavy atom. The van der Waals surface area contributed by atoms with Gasteiger partial charge in [-0.2, -0.15) is 0 Å². The van der Waals surface area contributed by atoms with Crippen molar-refractivity contribution in [2.45, 2.75) is 45.6 Å². The first-order valence-corrected chi connectivity index (χ1v) is 10.8. The van der Waals surface area contributed by atoms with Crippen LogP contribution in [0.3, 0.4) is 0 Å². The number of carbonyl (C=O) groups excluding carboxylic acids is 2. The molecule has 0 bridgehead atoms. The summed E-state index contributed by atoms with van der Waals surface area (Å²) in [7, 11) is 0. The van der Waals surface area contributed by atoms with Gasteiger partial charge < -0.3 is 20.4 Å². The van der Waals surface area contributed by atoms with Crippen LogP contribution in [0.1, 0.15) is 38.7 Å². The Labute approximate surface area is 178 Å². The number of carbonyl (C=O) groups is 2. The Kier molecular flexibility index (Phi) is 5.93. The monoisotopic (exact) mass is 406 g/mol. The van der Waals surface area contributed by atoms with Crippen LogP contribution >= 0.6 is 0 Å². The molecule has 1 saturated heterocycles. The van der Waals surface area contributed by atoms with Crippen LogP contribution in [0, 0.1) is 0 Å². The molecule has 1 fully saturated rings. The molecular formula is C24H30N4O2. The zero-order chi connectivity index (χ0) is 21.1. The number of amides is 2. The molecule has 2 aliphatic rings. The summed E-state index contributed by atoms with van der Waals surface area (Å²) in [5.74, 6) is -0.0138. The smallest absolute Gasteiger partial charge is 0.246 e. The van der Waals surface area contributed by atoms with Crippen LogP contribution in [0.15, 0.2) is 42.5 Å². The van der Waals surface area contributed by atoms with E-state index in [-0.39, 0.29) is 17.9 Å². The van der Waals surface area contributed by atoms with Gasteiger partial charge in [0, 0.05) is 49.3 Å². The second kappa shape index (κ2) is 8.78. The van der Waals surface area contributed by atoms with Gasteiger partial charge in [0.1, 0.15) is 6.04 Å². The van der Waals surface area contributed by atoms with Crippen molar-refractivity contribution in [3.8, 4) is 0 Å². The number of piperidine rings is 1. The van der Waals surface area contributed by atoms with E-state index in [2.05, 4.69) is 27.7 Å². The number of hydrogen-bond acceptors (Lipinski definition) is 4. The first-order chi connectivity index (χ1) is 14.5. The molecular weight excluding hydrogens is 376 g/mol. The Balaban J connectivity index is 1.34. The van der Waals surface area contributed by atoms with Crippen LogP contribution in [0.25, 0.3) is 0 Å². The normalized spacial score (nSPS) is 16.7. The fraction of sp³-hybridized carbons (Fsp3) is 0.417. The second-order valence-corrected chi connectivity index (χ2v) is 8.21. The third-order valence-corrected chi connectivity index (χ3v) is 5.99. The molecule has 2 aliphatic heterocycles. The third kappa shape index (κ3) is 4.42. The van der Waals surface area contributed by atoms with Crippen molar-refractivity contribution >= 4 is 34.6 Å². The van der Waals surface area contributed by atoms with Gasteiger partial charge >= 0.3 is 0 Å². The highest BCUT2D eigenvalue weighted by Gasteiger charge is 2.23. The van der Waals surface area contributed by atoms with Crippen LogP contribution in [0.4, 0.5) is 22.7 Å². The highest BCUT2D eigenvalue weighted by Crippen LogP contribution is 2.30. The minimum Gasteiger partial charge on any atom is -0.374 e. The standard InChI is InChI=1S/C24H30N4O2/c1-17(25-21-8-11-23-19(16-21)12-15-28(23)18(2)29)24(30)26-20-6-9-22(10-7-20)27-13-4-3-5-14-27/h6-11,16-17,25H,3-5,12-15H2,1-2H3,(H,26,30). The molecule has 1 atom stereocenters. The summed E-state index contributed by atoms with van der Waals surface area (Å²) in [4.78, 5) is 28.5. The average molecular weight is 407 g/mol. The molecule has 6 heteroatoms. The first kappa shape index (κ1) is 20.3. The van der Waals surface area contributed by atoms with Crippen LogP contribution in [0.2, 0.25) is 0 Å². The van der Waals surface area contributed by atoms with Gasteiger partial charge in [0.25, 0.3) is 0 Å². The van der Waals surface area contributed by atoms with Crippen molar-refractivity contribution < 1.29 is 9.59 Å². The van der Waals surface area contributed by atoms with Crippen molar-refractivity contribution in [2.75, 3.05) is 40.1 Å². The van der Waals surface area contributed by atoms with E-state index < -0.39 is 0 Å². The van der Waals surface area contributed by atoms with E-state index in [9.17, 15) is 9.59 Å². The maximum absolute atomic E-state index is 12.6. The molecule has 0 aromatic heterocycles. The molecule has 4 rings (SSSR count). The van der Waals surface area contributed by atoms with Crippen molar-refractivity contribution in [1.29, 1.82) is 0 Å². The van der Waals surface area contributed by atoms with Gasteiger partial charge in [-0.25, -0.2) is 0 Å². The minimum absolute atomic E-state index is 0.0634. The third-order valence-electron chi connectivity index (χ3n) is 5.99. The number of anilines is 4. The molecule has 158 valence electrons. The largest absolute Gasteiger partial charge is 0.374 e. The van der Waals surface area contributed by atoms with Crippen LogP contribution < -0.4 is 20.4 Å². The molecule has 2 heterocycles. The van der Waals surface area contributed by atoms with E-state index in [1.807, 2.05) is 37.3 Å². The van der Waals surface area contributed by atoms with E-state index >= 15 is 0 Å². The Morgan fingerprint density at radius 2 is 1.63 bits per heavy atom. The van der Waals surface area contributed by atoms with Crippen LogP contribution in [-0.2, 0) is 16.0 Å². The van der Waals surface area contributed by atoms with E-state index in [1.165, 1.54) is 24.9 Å². The Bertz CT molecular complexity index is 919. The van der Waals surface area contributed by atoms with Gasteiger partial charge in [-0.15, -0.1) is 0 Å². The molecule has 2 aromatic carbocycles. The van der Waals surface area contributed by atoms with Crippen molar-refractivity contribution in [1.82, 2.24) is 0 Å². The number of nitrogens with zero attached hydrogens (tertiary/aromatic N) is 2. The summed E-state index contributed by atoms with van der Waals surface area (Å²) in [6.45, 7) is 6.38. The molecule has 2 amide bonds. The molecule has 2 N–H and O–H groups in total. The molecule has 0 spiro atoms. The Hall–Kier alpha value is -3.02. The van der Waals surface area contributed by atoms with E-state index in [1.54, 1.807) is 11.8 Å². The lowest BCUT2D eigenvalue weighted by Crippen LogP contribution is -2.32. The summed E-state index contributed by atoms with van der Waals surface area (Å²) >= 11 is 0. The SMILES string of the molecule is CC(=O)N1CCc2cc(NC(C)C(=O)Nc3ccc(N4CCCCC4)cc3)ccc21. The first-order valence-electron chi connectivity index (χ1n) is 10.8. The Morgan fingerprint density at radius 3 is 2.33 bits per heavy atom. The molecule has 30 heavy (non-hydrogen) atoms. The summed E-state index contributed by atoms with van der Waals surface area (Å²) in [5.41, 5.74) is 5.02. The summed E-state index contributed by atoms with van der Waals surface area (Å²) in [5, 5.41) is 6.27. The lowest BCUT2D eigenvalue weighted by atomic mass is 10.1. The number of nitrogens with one attached hydrogen (secondary N) is 2. The maximum atomic E-state index is 12.6. The summed E-state index contributed by atoms with van der Waals surface area (Å²) < 4.78 is 0. The van der Waals surface area contributed by atoms with Crippen molar-refractivity contribution in [3.63, 3.8) is 0 Å². The highest BCUT2D eigenvalue weighted by atomic mass is 16.2. The number of rotatable bonds is 5. The fourth-order valence-electron chi connectivity index (χ4n) is 4.29. The van der Waals surface area contributed by atoms with Gasteiger partial charge in [-0.05, 0) is 80.6 Å². The lowest BCUT2D eigenvalue weighted by molar-refractivity contribution is -0.117. The number of benzene rings is 2. The molecule has 2 aromatic rings. The highest BCUT2D eigenvalue weighted by molar-refractivity contribution is 5.97. The van der Waals surface area contributed by atoms with E-state index in [4.69, 9.17) is 0 Å². The van der Waals surface area contributed by atoms with E-state index in [0.717, 1.165) is 48.7 Å². The minimum atomic E-state index is -0.380. The molecule has 6 nitrogen and oxygen atoms in total. The molecule has 0 aliphatic carbocycles. The predicted octanol–water partition coefficient (Wildman–Crippen LogP) is 4.03. The van der Waals surface area contributed by atoms with Crippen molar-refractivity contribution in [3.05, 3.63) is 48.0 Å². The van der Waals surface area contributed by atoms with Gasteiger partial charge in [0.05, 0.1) is 0 Å². The van der Waals surface area contributed by atoms with Gasteiger partial charge in [0.2, 0.25) is 11.8 Å². The van der Waals surface area contributed by atoms with Gasteiger partial charge in [0.15, 0.2) is 0 Å². The van der Waals surface area contributed by atoms with Crippen LogP contribution in [-0.4, -0.2) is 37.5 Å². The molecule has 0 saturated carbocycles. The van der Waals surface area contributed by atoms with E-state index in [0.29, 0.717) is 0 Å². The molecule has 0 radical (unpaired) electrons. The number of hydrogen-bond donors (Lipinski definition) is 2. The summed E-state index contributed by atoms with van der Waals surface area (Å²) in [6.07, 6.45) is 4.65. The lowest BCUT2D eigenvalue weighted by Gasteiger charge is -2.28. The van der Waals surface area contributed by atoms with Crippen molar-refractivity contribution in [2.24, 2.45) is 0 Å². The number of fused-ring (bicyclic) bond motifs is 1. The zero-order valence-corrected chi connectivity index (χ0v) is 17.8. The zero-order valence-electron chi connectivity index (χ0n) is 17.8. The maximum Gasteiger partial charge on any atom is 0.246 e. The predicted molar refractivity (Wildman–Crippen MR) is 122 cm³/mol. The van der Waals surface area contributed by atoms with Crippen LogP contribution in [0.5, 0.6) is 0 Å². The molecule has 1 unspecified atom stereocenters. The van der Waals surface area contributed by atoms with Gasteiger partial charge in [-0.3, -0.25) is 9.59 Å².